The van der Waals surface area contributed by atoms with Gasteiger partial charge in [0.15, 0.2) is 0 Å². The van der Waals surface area contributed by atoms with Crippen LogP contribution in [0, 0.1) is 20.8 Å². The molecule has 1 aromatic rings. The van der Waals surface area contributed by atoms with Crippen LogP contribution in [0.2, 0.25) is 0 Å². The van der Waals surface area contributed by atoms with E-state index in [2.05, 4.69) is 37.8 Å². The van der Waals surface area contributed by atoms with Crippen LogP contribution < -0.4 is 4.74 Å². The van der Waals surface area contributed by atoms with Crippen molar-refractivity contribution < 1.29 is 9.47 Å². The minimum Gasteiger partial charge on any atom is -0.493 e. The van der Waals surface area contributed by atoms with E-state index in [1.807, 2.05) is 0 Å². The average molecular weight is 263 g/mol. The van der Waals surface area contributed by atoms with Gasteiger partial charge in [-0.3, -0.25) is 4.90 Å². The van der Waals surface area contributed by atoms with Crippen molar-refractivity contribution in [2.75, 3.05) is 39.5 Å². The van der Waals surface area contributed by atoms with Crippen molar-refractivity contribution in [3.05, 3.63) is 28.8 Å². The first-order valence-corrected chi connectivity index (χ1v) is 7.17. The molecule has 106 valence electrons. The van der Waals surface area contributed by atoms with Crippen molar-refractivity contribution in [3.63, 3.8) is 0 Å². The maximum Gasteiger partial charge on any atom is 0.122 e. The van der Waals surface area contributed by atoms with E-state index in [0.717, 1.165) is 51.6 Å². The standard InChI is InChI=1S/C16H25NO2/c1-13-11-14(2)15(3)16(12-13)19-8-4-5-17-6-9-18-10-7-17/h11-12H,4-10H2,1-3H3. The highest BCUT2D eigenvalue weighted by molar-refractivity contribution is 5.41. The van der Waals surface area contributed by atoms with Crippen molar-refractivity contribution in [2.24, 2.45) is 0 Å². The van der Waals surface area contributed by atoms with Crippen molar-refractivity contribution in [1.82, 2.24) is 4.90 Å². The lowest BCUT2D eigenvalue weighted by Gasteiger charge is -2.26. The molecule has 1 heterocycles. The summed E-state index contributed by atoms with van der Waals surface area (Å²) in [7, 11) is 0. The molecule has 0 aliphatic carbocycles. The Labute approximate surface area is 116 Å². The van der Waals surface area contributed by atoms with Crippen molar-refractivity contribution in [1.29, 1.82) is 0 Å². The summed E-state index contributed by atoms with van der Waals surface area (Å²) in [5.41, 5.74) is 3.84. The number of benzene rings is 1. The molecule has 0 unspecified atom stereocenters. The fraction of sp³-hybridized carbons (Fsp3) is 0.625. The summed E-state index contributed by atoms with van der Waals surface area (Å²) in [5.74, 6) is 1.04. The Morgan fingerprint density at radius 2 is 1.89 bits per heavy atom. The van der Waals surface area contributed by atoms with Crippen LogP contribution >= 0.6 is 0 Å². The van der Waals surface area contributed by atoms with E-state index in [4.69, 9.17) is 9.47 Å². The van der Waals surface area contributed by atoms with Crippen LogP contribution in [-0.4, -0.2) is 44.4 Å². The van der Waals surface area contributed by atoms with E-state index in [1.165, 1.54) is 16.7 Å². The van der Waals surface area contributed by atoms with Crippen LogP contribution in [-0.2, 0) is 4.74 Å². The molecule has 0 radical (unpaired) electrons. The number of ether oxygens (including phenoxy) is 2. The van der Waals surface area contributed by atoms with Crippen LogP contribution in [0.3, 0.4) is 0 Å². The second-order valence-electron chi connectivity index (χ2n) is 5.36. The topological polar surface area (TPSA) is 21.7 Å². The normalized spacial score (nSPS) is 16.6. The van der Waals surface area contributed by atoms with E-state index in [0.29, 0.717) is 0 Å². The summed E-state index contributed by atoms with van der Waals surface area (Å²) in [6.45, 7) is 12.1. The fourth-order valence-electron chi connectivity index (χ4n) is 2.45. The molecule has 1 aromatic carbocycles. The van der Waals surface area contributed by atoms with E-state index in [-0.39, 0.29) is 0 Å². The van der Waals surface area contributed by atoms with E-state index < -0.39 is 0 Å². The maximum atomic E-state index is 5.93. The molecule has 0 bridgehead atoms. The molecular formula is C16H25NO2. The number of hydrogen-bond donors (Lipinski definition) is 0. The Balaban J connectivity index is 1.76. The highest BCUT2D eigenvalue weighted by Gasteiger charge is 2.09. The molecule has 0 saturated carbocycles. The molecule has 0 N–H and O–H groups in total. The molecule has 19 heavy (non-hydrogen) atoms. The molecule has 3 nitrogen and oxygen atoms in total. The molecule has 0 spiro atoms. The Hall–Kier alpha value is -1.06. The Bertz CT molecular complexity index is 411. The summed E-state index contributed by atoms with van der Waals surface area (Å²) in [5, 5.41) is 0. The molecule has 3 heteroatoms. The summed E-state index contributed by atoms with van der Waals surface area (Å²) in [4.78, 5) is 2.45. The first-order valence-electron chi connectivity index (χ1n) is 7.17. The van der Waals surface area contributed by atoms with Crippen molar-refractivity contribution >= 4 is 0 Å². The van der Waals surface area contributed by atoms with Crippen LogP contribution in [0.5, 0.6) is 5.75 Å². The predicted molar refractivity (Wildman–Crippen MR) is 78.0 cm³/mol. The highest BCUT2D eigenvalue weighted by Crippen LogP contribution is 2.23. The SMILES string of the molecule is Cc1cc(C)c(C)c(OCCCN2CCOCC2)c1. The monoisotopic (exact) mass is 263 g/mol. The Kier molecular flexibility index (Phi) is 5.23. The first-order chi connectivity index (χ1) is 9.16. The van der Waals surface area contributed by atoms with E-state index in [9.17, 15) is 0 Å². The molecular weight excluding hydrogens is 238 g/mol. The van der Waals surface area contributed by atoms with Gasteiger partial charge in [0.05, 0.1) is 19.8 Å². The summed E-state index contributed by atoms with van der Waals surface area (Å²) in [6.07, 6.45) is 1.08. The van der Waals surface area contributed by atoms with Crippen molar-refractivity contribution in [3.8, 4) is 5.75 Å². The minimum absolute atomic E-state index is 0.793. The van der Waals surface area contributed by atoms with Gasteiger partial charge >= 0.3 is 0 Å². The van der Waals surface area contributed by atoms with Crippen molar-refractivity contribution in [2.45, 2.75) is 27.2 Å². The number of rotatable bonds is 5. The van der Waals surface area contributed by atoms with Gasteiger partial charge in [-0.2, -0.15) is 0 Å². The third-order valence-electron chi connectivity index (χ3n) is 3.74. The van der Waals surface area contributed by atoms with Gasteiger partial charge in [-0.15, -0.1) is 0 Å². The molecule has 1 saturated heterocycles. The van der Waals surface area contributed by atoms with Gasteiger partial charge < -0.3 is 9.47 Å². The summed E-state index contributed by atoms with van der Waals surface area (Å²) >= 11 is 0. The lowest BCUT2D eigenvalue weighted by Crippen LogP contribution is -2.37. The average Bonchev–Trinajstić information content (AvgIpc) is 2.41. The summed E-state index contributed by atoms with van der Waals surface area (Å²) in [6, 6.07) is 4.34. The number of aryl methyl sites for hydroxylation is 2. The molecule has 1 fully saturated rings. The molecule has 1 aliphatic heterocycles. The van der Waals surface area contributed by atoms with Crippen LogP contribution in [0.1, 0.15) is 23.1 Å². The van der Waals surface area contributed by atoms with E-state index >= 15 is 0 Å². The van der Waals surface area contributed by atoms with Gasteiger partial charge in [0.1, 0.15) is 5.75 Å². The smallest absolute Gasteiger partial charge is 0.122 e. The zero-order chi connectivity index (χ0) is 13.7. The molecule has 0 aromatic heterocycles. The second kappa shape index (κ2) is 6.92. The largest absolute Gasteiger partial charge is 0.493 e. The third-order valence-corrected chi connectivity index (χ3v) is 3.74. The van der Waals surface area contributed by atoms with Gasteiger partial charge in [-0.1, -0.05) is 6.07 Å². The second-order valence-corrected chi connectivity index (χ2v) is 5.36. The molecule has 0 atom stereocenters. The number of nitrogens with zero attached hydrogens (tertiary/aromatic N) is 1. The van der Waals surface area contributed by atoms with Gasteiger partial charge in [-0.25, -0.2) is 0 Å². The molecule has 2 rings (SSSR count). The molecule has 0 amide bonds. The lowest BCUT2D eigenvalue weighted by atomic mass is 10.1. The lowest BCUT2D eigenvalue weighted by molar-refractivity contribution is 0.0358. The fourth-order valence-corrected chi connectivity index (χ4v) is 2.45. The van der Waals surface area contributed by atoms with E-state index in [1.54, 1.807) is 0 Å². The van der Waals surface area contributed by atoms with Crippen LogP contribution in [0.15, 0.2) is 12.1 Å². The van der Waals surface area contributed by atoms with Gasteiger partial charge in [0.25, 0.3) is 0 Å². The van der Waals surface area contributed by atoms with Crippen LogP contribution in [0.25, 0.3) is 0 Å². The number of hydrogen-bond acceptors (Lipinski definition) is 3. The Morgan fingerprint density at radius 1 is 1.16 bits per heavy atom. The zero-order valence-electron chi connectivity index (χ0n) is 12.4. The van der Waals surface area contributed by atoms with Crippen LogP contribution in [0.4, 0.5) is 0 Å². The summed E-state index contributed by atoms with van der Waals surface area (Å²) < 4.78 is 11.3. The number of morpholine rings is 1. The molecule has 1 aliphatic rings. The minimum atomic E-state index is 0.793. The van der Waals surface area contributed by atoms with Gasteiger partial charge in [0.2, 0.25) is 0 Å². The zero-order valence-corrected chi connectivity index (χ0v) is 12.4. The predicted octanol–water partition coefficient (Wildman–Crippen LogP) is 2.71. The quantitative estimate of drug-likeness (QED) is 0.762. The maximum absolute atomic E-state index is 5.93. The third kappa shape index (κ3) is 4.22. The van der Waals surface area contributed by atoms with Gasteiger partial charge in [0, 0.05) is 19.6 Å². The first kappa shape index (κ1) is 14.4. The van der Waals surface area contributed by atoms with Gasteiger partial charge in [-0.05, 0) is 49.9 Å². The highest BCUT2D eigenvalue weighted by atomic mass is 16.5. The Morgan fingerprint density at radius 3 is 2.63 bits per heavy atom.